The molecule has 3 aromatic rings. The third-order valence-corrected chi connectivity index (χ3v) is 5.71. The van der Waals surface area contributed by atoms with Crippen LogP contribution in [0, 0.1) is 5.92 Å². The van der Waals surface area contributed by atoms with Crippen LogP contribution in [0.1, 0.15) is 23.8 Å². The van der Waals surface area contributed by atoms with E-state index in [1.807, 2.05) is 59.5 Å². The lowest BCUT2D eigenvalue weighted by molar-refractivity contribution is -0.130. The van der Waals surface area contributed by atoms with Gasteiger partial charge in [0.2, 0.25) is 17.7 Å². The zero-order valence-electron chi connectivity index (χ0n) is 17.9. The number of carbonyl (C=O) groups excluding carboxylic acids is 1. The van der Waals surface area contributed by atoms with Gasteiger partial charge in [0.1, 0.15) is 5.75 Å². The molecule has 162 valence electrons. The minimum atomic E-state index is -0.0364. The summed E-state index contributed by atoms with van der Waals surface area (Å²) in [4.78, 5) is 14.8. The highest BCUT2D eigenvalue weighted by atomic mass is 16.5. The topological polar surface area (TPSA) is 77.7 Å². The van der Waals surface area contributed by atoms with Crippen molar-refractivity contribution in [3.05, 3.63) is 66.1 Å². The number of aryl methyl sites for hydroxylation is 1. The number of rotatable bonds is 8. The van der Waals surface area contributed by atoms with E-state index in [0.717, 1.165) is 16.9 Å². The van der Waals surface area contributed by atoms with Gasteiger partial charge in [-0.25, -0.2) is 0 Å². The molecular formula is C24H27N3O4. The van der Waals surface area contributed by atoms with Crippen molar-refractivity contribution in [1.82, 2.24) is 15.1 Å². The third-order valence-electron chi connectivity index (χ3n) is 5.71. The average Bonchev–Trinajstić information content (AvgIpc) is 3.46. The van der Waals surface area contributed by atoms with Gasteiger partial charge in [-0.2, -0.15) is 0 Å². The molecule has 0 unspecified atom stereocenters. The van der Waals surface area contributed by atoms with Crippen molar-refractivity contribution >= 4 is 5.91 Å². The normalized spacial score (nSPS) is 18.3. The first-order valence-electron chi connectivity index (χ1n) is 10.5. The molecule has 0 radical (unpaired) electrons. The van der Waals surface area contributed by atoms with Gasteiger partial charge in [-0.3, -0.25) is 4.79 Å². The van der Waals surface area contributed by atoms with Crippen molar-refractivity contribution in [3.8, 4) is 17.2 Å². The maximum Gasteiger partial charge on any atom is 0.247 e. The molecule has 0 spiro atoms. The van der Waals surface area contributed by atoms with Crippen LogP contribution in [0.25, 0.3) is 11.5 Å². The molecule has 1 aromatic heterocycles. The fourth-order valence-electron chi connectivity index (χ4n) is 4.06. The molecule has 7 nitrogen and oxygen atoms in total. The van der Waals surface area contributed by atoms with Crippen LogP contribution in [0.2, 0.25) is 0 Å². The number of benzene rings is 2. The van der Waals surface area contributed by atoms with Crippen LogP contribution >= 0.6 is 0 Å². The molecule has 1 fully saturated rings. The lowest BCUT2D eigenvalue weighted by atomic mass is 9.97. The molecule has 31 heavy (non-hydrogen) atoms. The van der Waals surface area contributed by atoms with Crippen molar-refractivity contribution in [2.45, 2.75) is 18.8 Å². The van der Waals surface area contributed by atoms with Crippen LogP contribution < -0.4 is 4.74 Å². The quantitative estimate of drug-likeness (QED) is 0.553. The van der Waals surface area contributed by atoms with Gasteiger partial charge in [-0.05, 0) is 36.2 Å². The standard InChI is InChI=1S/C24H27N3O4/c1-29-16-19-14-27(22(28)12-11-17-7-6-10-20(13-17)30-2)15-21(19)24-26-25-23(31-24)18-8-4-3-5-9-18/h3-10,13,19,21H,11-12,14-16H2,1-2H3/t19-,21+/m0/s1. The molecule has 7 heteroatoms. The Morgan fingerprint density at radius 3 is 2.71 bits per heavy atom. The zero-order valence-corrected chi connectivity index (χ0v) is 17.9. The zero-order chi connectivity index (χ0) is 21.6. The number of aromatic nitrogens is 2. The predicted octanol–water partition coefficient (Wildman–Crippen LogP) is 3.57. The van der Waals surface area contributed by atoms with E-state index in [9.17, 15) is 4.79 Å². The number of hydrogen-bond donors (Lipinski definition) is 0. The monoisotopic (exact) mass is 421 g/mol. The Bertz CT molecular complexity index is 1000. The summed E-state index contributed by atoms with van der Waals surface area (Å²) < 4.78 is 16.7. The van der Waals surface area contributed by atoms with E-state index < -0.39 is 0 Å². The maximum absolute atomic E-state index is 12.9. The van der Waals surface area contributed by atoms with E-state index in [1.165, 1.54) is 0 Å². The van der Waals surface area contributed by atoms with Crippen LogP contribution in [-0.2, 0) is 16.0 Å². The largest absolute Gasteiger partial charge is 0.497 e. The van der Waals surface area contributed by atoms with Crippen molar-refractivity contribution < 1.29 is 18.7 Å². The van der Waals surface area contributed by atoms with E-state index in [4.69, 9.17) is 13.9 Å². The van der Waals surface area contributed by atoms with E-state index in [2.05, 4.69) is 10.2 Å². The number of ether oxygens (including phenoxy) is 2. The lowest BCUT2D eigenvalue weighted by Gasteiger charge is -2.16. The third kappa shape index (κ3) is 4.94. The Morgan fingerprint density at radius 2 is 1.94 bits per heavy atom. The number of likely N-dealkylation sites (tertiary alicyclic amines) is 1. The smallest absolute Gasteiger partial charge is 0.247 e. The van der Waals surface area contributed by atoms with Crippen molar-refractivity contribution in [3.63, 3.8) is 0 Å². The van der Waals surface area contributed by atoms with Crippen molar-refractivity contribution in [2.24, 2.45) is 5.92 Å². The SMILES string of the molecule is COC[C@@H]1CN(C(=O)CCc2cccc(OC)c2)C[C@H]1c1nnc(-c2ccccc2)o1. The van der Waals surface area contributed by atoms with Gasteiger partial charge in [0.25, 0.3) is 0 Å². The molecule has 4 rings (SSSR count). The number of carbonyl (C=O) groups is 1. The number of amides is 1. The molecular weight excluding hydrogens is 394 g/mol. The van der Waals surface area contributed by atoms with Crippen LogP contribution in [0.4, 0.5) is 0 Å². The van der Waals surface area contributed by atoms with E-state index in [-0.39, 0.29) is 17.7 Å². The molecule has 0 saturated carbocycles. The van der Waals surface area contributed by atoms with Crippen LogP contribution in [0.15, 0.2) is 59.0 Å². The summed E-state index contributed by atoms with van der Waals surface area (Å²) in [7, 11) is 3.32. The maximum atomic E-state index is 12.9. The fourth-order valence-corrected chi connectivity index (χ4v) is 4.06. The first-order chi connectivity index (χ1) is 15.2. The molecule has 1 aliphatic heterocycles. The number of methoxy groups -OCH3 is 2. The summed E-state index contributed by atoms with van der Waals surface area (Å²) in [5, 5.41) is 8.50. The summed E-state index contributed by atoms with van der Waals surface area (Å²) in [6.45, 7) is 1.72. The second-order valence-electron chi connectivity index (χ2n) is 7.78. The van der Waals surface area contributed by atoms with Crippen LogP contribution in [0.3, 0.4) is 0 Å². The minimum Gasteiger partial charge on any atom is -0.497 e. The molecule has 1 aliphatic rings. The Labute approximate surface area is 182 Å². The molecule has 0 bridgehead atoms. The highest BCUT2D eigenvalue weighted by molar-refractivity contribution is 5.77. The summed E-state index contributed by atoms with van der Waals surface area (Å²) in [6, 6.07) is 17.5. The van der Waals surface area contributed by atoms with Crippen molar-refractivity contribution in [2.75, 3.05) is 33.9 Å². The van der Waals surface area contributed by atoms with Crippen molar-refractivity contribution in [1.29, 1.82) is 0 Å². The van der Waals surface area contributed by atoms with Gasteiger partial charge < -0.3 is 18.8 Å². The molecule has 0 N–H and O–H groups in total. The molecule has 2 atom stereocenters. The molecule has 2 aromatic carbocycles. The molecule has 1 amide bonds. The summed E-state index contributed by atoms with van der Waals surface area (Å²) in [5.74, 6) is 2.06. The van der Waals surface area contributed by atoms with E-state index >= 15 is 0 Å². The summed E-state index contributed by atoms with van der Waals surface area (Å²) in [5.41, 5.74) is 1.97. The molecule has 2 heterocycles. The van der Waals surface area contributed by atoms with Crippen LogP contribution in [-0.4, -0.2) is 54.9 Å². The molecule has 0 aliphatic carbocycles. The highest BCUT2D eigenvalue weighted by Crippen LogP contribution is 2.34. The van der Waals surface area contributed by atoms with Gasteiger partial charge >= 0.3 is 0 Å². The summed E-state index contributed by atoms with van der Waals surface area (Å²) in [6.07, 6.45) is 1.11. The number of hydrogen-bond acceptors (Lipinski definition) is 6. The van der Waals surface area contributed by atoms with Gasteiger partial charge in [-0.15, -0.1) is 10.2 Å². The minimum absolute atomic E-state index is 0.0364. The first kappa shape index (κ1) is 21.1. The van der Waals surface area contributed by atoms with Crippen LogP contribution in [0.5, 0.6) is 5.75 Å². The Balaban J connectivity index is 1.43. The number of nitrogens with zero attached hydrogens (tertiary/aromatic N) is 3. The second-order valence-corrected chi connectivity index (χ2v) is 7.78. The average molecular weight is 421 g/mol. The lowest BCUT2D eigenvalue weighted by Crippen LogP contribution is -2.29. The second kappa shape index (κ2) is 9.75. The van der Waals surface area contributed by atoms with Gasteiger partial charge in [0, 0.05) is 38.1 Å². The highest BCUT2D eigenvalue weighted by Gasteiger charge is 2.39. The summed E-state index contributed by atoms with van der Waals surface area (Å²) >= 11 is 0. The van der Waals surface area contributed by atoms with Gasteiger partial charge in [0.15, 0.2) is 0 Å². The van der Waals surface area contributed by atoms with Gasteiger partial charge in [-0.1, -0.05) is 30.3 Å². The van der Waals surface area contributed by atoms with E-state index in [0.29, 0.717) is 44.3 Å². The Kier molecular flexibility index (Phi) is 6.62. The fraction of sp³-hybridized carbons (Fsp3) is 0.375. The Hall–Kier alpha value is -3.19. The van der Waals surface area contributed by atoms with Gasteiger partial charge in [0.05, 0.1) is 19.6 Å². The molecule has 1 saturated heterocycles. The first-order valence-corrected chi connectivity index (χ1v) is 10.5. The Morgan fingerprint density at radius 1 is 1.10 bits per heavy atom. The van der Waals surface area contributed by atoms with E-state index in [1.54, 1.807) is 14.2 Å². The predicted molar refractivity (Wildman–Crippen MR) is 116 cm³/mol.